The molecule has 0 aromatic heterocycles. The largest absolute Gasteiger partial charge is 0.466 e. The molecule has 0 atom stereocenters. The van der Waals surface area contributed by atoms with E-state index in [0.717, 1.165) is 37.5 Å². The Hall–Kier alpha value is -1.32. The molecule has 0 rings (SSSR count). The third kappa shape index (κ3) is 68.8. The highest BCUT2D eigenvalue weighted by atomic mass is 16.5. The zero-order valence-electron chi connectivity index (χ0n) is 52.8. The predicted molar refractivity (Wildman–Crippen MR) is 338 cm³/mol. The van der Waals surface area contributed by atoms with Crippen molar-refractivity contribution >= 4 is 11.9 Å². The Balaban J connectivity index is 3.21. The van der Waals surface area contributed by atoms with Gasteiger partial charge in [0.2, 0.25) is 0 Å². The van der Waals surface area contributed by atoms with Crippen LogP contribution in [-0.4, -0.2) is 25.2 Å². The zero-order chi connectivity index (χ0) is 55.0. The lowest BCUT2D eigenvalue weighted by molar-refractivity contribution is -0.144. The van der Waals surface area contributed by atoms with Crippen LogP contribution >= 0.6 is 0 Å². The summed E-state index contributed by atoms with van der Waals surface area (Å²) in [7, 11) is 0. The summed E-state index contributed by atoms with van der Waals surface area (Å²) in [5.74, 6) is 1.79. The van der Waals surface area contributed by atoms with Crippen LogP contribution in [-0.2, 0) is 19.1 Å². The smallest absolute Gasteiger partial charge is 0.305 e. The van der Waals surface area contributed by atoms with Crippen LogP contribution in [0.15, 0.2) is 12.2 Å². The average molecular weight is 1070 g/mol. The summed E-state index contributed by atoms with van der Waals surface area (Å²) >= 11 is 0. The lowest BCUT2D eigenvalue weighted by Crippen LogP contribution is -2.05. The van der Waals surface area contributed by atoms with E-state index in [1.165, 1.54) is 347 Å². The fraction of sp³-hybridized carbons (Fsp3) is 0.944. The van der Waals surface area contributed by atoms with Crippen molar-refractivity contribution in [1.29, 1.82) is 0 Å². The minimum atomic E-state index is 0.0263. The molecular weight excluding hydrogens is 929 g/mol. The summed E-state index contributed by atoms with van der Waals surface area (Å²) in [4.78, 5) is 24.2. The second-order valence-corrected chi connectivity index (χ2v) is 25.4. The molecule has 4 nitrogen and oxygen atoms in total. The maximum Gasteiger partial charge on any atom is 0.305 e. The minimum absolute atomic E-state index is 0.0263. The van der Waals surface area contributed by atoms with Crippen molar-refractivity contribution in [2.45, 2.75) is 413 Å². The van der Waals surface area contributed by atoms with Crippen molar-refractivity contribution < 1.29 is 19.1 Å². The van der Waals surface area contributed by atoms with Gasteiger partial charge in [0, 0.05) is 12.8 Å². The Morgan fingerprint density at radius 2 is 0.408 bits per heavy atom. The molecule has 0 spiro atoms. The van der Waals surface area contributed by atoms with Crippen molar-refractivity contribution in [3.8, 4) is 0 Å². The van der Waals surface area contributed by atoms with E-state index in [4.69, 9.17) is 9.47 Å². The second kappa shape index (κ2) is 66.2. The highest BCUT2D eigenvalue weighted by molar-refractivity contribution is 5.69. The van der Waals surface area contributed by atoms with Crippen LogP contribution in [0, 0.1) is 11.8 Å². The van der Waals surface area contributed by atoms with Crippen molar-refractivity contribution in [1.82, 2.24) is 0 Å². The van der Waals surface area contributed by atoms with E-state index in [0.29, 0.717) is 26.1 Å². The number of hydrogen-bond donors (Lipinski definition) is 0. The highest BCUT2D eigenvalue weighted by Gasteiger charge is 2.05. The summed E-state index contributed by atoms with van der Waals surface area (Å²) in [6, 6.07) is 0. The maximum absolute atomic E-state index is 12.1. The van der Waals surface area contributed by atoms with Gasteiger partial charge in [-0.15, -0.1) is 0 Å². The van der Waals surface area contributed by atoms with Gasteiger partial charge >= 0.3 is 11.9 Å². The fourth-order valence-corrected chi connectivity index (χ4v) is 11.3. The molecule has 0 fully saturated rings. The third-order valence-corrected chi connectivity index (χ3v) is 16.5. The molecule has 0 saturated heterocycles. The number of ether oxygens (including phenoxy) is 2. The SMILES string of the molecule is CC(C)CCCCCCCCCCCCCCCOC(=O)CCCCCCCCCCCCCCCC/C=C\CCCCCCCCCCCCCCCCC(=O)OCCCCCCCCCCCCCCCC(C)C. The highest BCUT2D eigenvalue weighted by Crippen LogP contribution is 2.19. The van der Waals surface area contributed by atoms with Gasteiger partial charge < -0.3 is 9.47 Å². The molecule has 452 valence electrons. The molecule has 0 saturated carbocycles. The first kappa shape index (κ1) is 74.7. The number of esters is 2. The summed E-state index contributed by atoms with van der Waals surface area (Å²) in [5.41, 5.74) is 0. The van der Waals surface area contributed by atoms with Gasteiger partial charge in [-0.3, -0.25) is 9.59 Å². The molecule has 0 heterocycles. The number of carbonyl (C=O) groups excluding carboxylic acids is 2. The van der Waals surface area contributed by atoms with Crippen molar-refractivity contribution in [3.63, 3.8) is 0 Å². The van der Waals surface area contributed by atoms with Gasteiger partial charge in [-0.1, -0.05) is 361 Å². The van der Waals surface area contributed by atoms with E-state index in [2.05, 4.69) is 39.8 Å². The van der Waals surface area contributed by atoms with Gasteiger partial charge in [0.25, 0.3) is 0 Å². The minimum Gasteiger partial charge on any atom is -0.466 e. The average Bonchev–Trinajstić information content (AvgIpc) is 3.40. The Labute approximate surface area is 479 Å². The van der Waals surface area contributed by atoms with Crippen molar-refractivity contribution in [2.24, 2.45) is 11.8 Å². The monoisotopic (exact) mass is 1070 g/mol. The molecule has 0 aromatic carbocycles. The van der Waals surface area contributed by atoms with Crippen LogP contribution in [0.2, 0.25) is 0 Å². The normalized spacial score (nSPS) is 11.8. The Kier molecular flexibility index (Phi) is 65.0. The van der Waals surface area contributed by atoms with Crippen LogP contribution in [0.3, 0.4) is 0 Å². The molecule has 0 bridgehead atoms. The number of hydrogen-bond acceptors (Lipinski definition) is 4. The van der Waals surface area contributed by atoms with Crippen molar-refractivity contribution in [3.05, 3.63) is 12.2 Å². The summed E-state index contributed by atoms with van der Waals surface area (Å²) in [6.45, 7) is 10.6. The standard InChI is InChI=1S/C72H140O4/c1-69(2)63-57-51-45-39-33-27-25-31-37-43-49-55-61-67-75-71(73)65-59-53-47-41-35-29-23-21-19-17-15-13-11-9-7-5-6-8-10-12-14-16-18-20-22-24-30-36-42-48-54-60-66-72(74)76-68-62-56-50-44-38-32-26-28-34-40-46-52-58-64-70(3)4/h5-6,69-70H,7-68H2,1-4H3/b6-5-. The van der Waals surface area contributed by atoms with Crippen LogP contribution < -0.4 is 0 Å². The topological polar surface area (TPSA) is 52.6 Å². The maximum atomic E-state index is 12.1. The summed E-state index contributed by atoms with van der Waals surface area (Å²) in [6.07, 6.45) is 84.4. The summed E-state index contributed by atoms with van der Waals surface area (Å²) < 4.78 is 11.0. The first-order valence-electron chi connectivity index (χ1n) is 35.4. The number of allylic oxidation sites excluding steroid dienone is 2. The Morgan fingerprint density at radius 1 is 0.237 bits per heavy atom. The molecule has 0 radical (unpaired) electrons. The molecule has 0 aliphatic rings. The van der Waals surface area contributed by atoms with Gasteiger partial charge in [-0.2, -0.15) is 0 Å². The van der Waals surface area contributed by atoms with Crippen LogP contribution in [0.5, 0.6) is 0 Å². The van der Waals surface area contributed by atoms with E-state index in [1.54, 1.807) is 0 Å². The molecule has 0 aromatic rings. The molecule has 4 heteroatoms. The molecule has 0 aliphatic heterocycles. The van der Waals surface area contributed by atoms with E-state index >= 15 is 0 Å². The molecule has 0 N–H and O–H groups in total. The number of rotatable bonds is 66. The van der Waals surface area contributed by atoms with E-state index in [9.17, 15) is 9.59 Å². The van der Waals surface area contributed by atoms with Gasteiger partial charge in [0.05, 0.1) is 13.2 Å². The summed E-state index contributed by atoms with van der Waals surface area (Å²) in [5, 5.41) is 0. The van der Waals surface area contributed by atoms with Crippen LogP contribution in [0.1, 0.15) is 413 Å². The van der Waals surface area contributed by atoms with Gasteiger partial charge in [0.15, 0.2) is 0 Å². The van der Waals surface area contributed by atoms with E-state index in [-0.39, 0.29) is 11.9 Å². The van der Waals surface area contributed by atoms with E-state index in [1.807, 2.05) is 0 Å². The van der Waals surface area contributed by atoms with Gasteiger partial charge in [-0.25, -0.2) is 0 Å². The van der Waals surface area contributed by atoms with E-state index < -0.39 is 0 Å². The van der Waals surface area contributed by atoms with Crippen LogP contribution in [0.4, 0.5) is 0 Å². The molecule has 76 heavy (non-hydrogen) atoms. The Bertz CT molecular complexity index is 1040. The first-order valence-corrected chi connectivity index (χ1v) is 35.4. The Morgan fingerprint density at radius 3 is 0.618 bits per heavy atom. The number of carbonyl (C=O) groups is 2. The zero-order valence-corrected chi connectivity index (χ0v) is 52.8. The third-order valence-electron chi connectivity index (χ3n) is 16.5. The lowest BCUT2D eigenvalue weighted by Gasteiger charge is -2.06. The first-order chi connectivity index (χ1) is 37.4. The number of unbranched alkanes of at least 4 members (excludes halogenated alkanes) is 52. The van der Waals surface area contributed by atoms with Gasteiger partial charge in [0.1, 0.15) is 0 Å². The van der Waals surface area contributed by atoms with Crippen molar-refractivity contribution in [2.75, 3.05) is 13.2 Å². The molecule has 0 amide bonds. The molecule has 0 unspecified atom stereocenters. The second-order valence-electron chi connectivity index (χ2n) is 25.4. The van der Waals surface area contributed by atoms with Crippen LogP contribution in [0.25, 0.3) is 0 Å². The predicted octanol–water partition coefficient (Wildman–Crippen LogP) is 25.3. The lowest BCUT2D eigenvalue weighted by atomic mass is 10.0. The fourth-order valence-electron chi connectivity index (χ4n) is 11.3. The molecular formula is C72H140O4. The quantitative estimate of drug-likeness (QED) is 0.0346. The molecule has 0 aliphatic carbocycles. The van der Waals surface area contributed by atoms with Gasteiger partial charge in [-0.05, 0) is 63.2 Å².